The Labute approximate surface area is 130 Å². The summed E-state index contributed by atoms with van der Waals surface area (Å²) >= 11 is 1.93. The summed E-state index contributed by atoms with van der Waals surface area (Å²) in [6, 6.07) is 2.27. The van der Waals surface area contributed by atoms with Gasteiger partial charge >= 0.3 is 0 Å². The van der Waals surface area contributed by atoms with Gasteiger partial charge in [0.15, 0.2) is 0 Å². The van der Waals surface area contributed by atoms with Crippen molar-refractivity contribution >= 4 is 17.7 Å². The van der Waals surface area contributed by atoms with Crippen molar-refractivity contribution in [2.45, 2.75) is 38.3 Å². The first kappa shape index (κ1) is 14.9. The molecule has 3 rings (SSSR count). The maximum absolute atomic E-state index is 12.9. The molecule has 2 aliphatic rings. The number of aryl methyl sites for hydroxylation is 1. The molecule has 4 nitrogen and oxygen atoms in total. The number of hydrogen-bond acceptors (Lipinski definition) is 4. The van der Waals surface area contributed by atoms with E-state index in [0.29, 0.717) is 11.6 Å². The topological polar surface area (TPSA) is 42.4 Å². The predicted octanol–water partition coefficient (Wildman–Crippen LogP) is 2.52. The molecule has 1 aromatic heterocycles. The smallest absolute Gasteiger partial charge is 0.255 e. The van der Waals surface area contributed by atoms with Gasteiger partial charge in [-0.15, -0.1) is 0 Å². The van der Waals surface area contributed by atoms with E-state index in [9.17, 15) is 4.79 Å². The van der Waals surface area contributed by atoms with Crippen molar-refractivity contribution in [3.8, 4) is 0 Å². The van der Waals surface area contributed by atoms with E-state index in [2.05, 4.69) is 4.98 Å². The van der Waals surface area contributed by atoms with Crippen LogP contribution in [-0.2, 0) is 4.74 Å². The van der Waals surface area contributed by atoms with Crippen molar-refractivity contribution in [3.05, 3.63) is 29.6 Å². The van der Waals surface area contributed by atoms with Crippen LogP contribution in [0.1, 0.15) is 35.2 Å². The number of nitrogens with zero attached hydrogens (tertiary/aromatic N) is 2. The van der Waals surface area contributed by atoms with E-state index in [1.807, 2.05) is 29.7 Å². The molecule has 0 spiro atoms. The van der Waals surface area contributed by atoms with Gasteiger partial charge in [0, 0.05) is 37.3 Å². The van der Waals surface area contributed by atoms with Crippen molar-refractivity contribution < 1.29 is 9.53 Å². The van der Waals surface area contributed by atoms with Crippen LogP contribution in [0.3, 0.4) is 0 Å². The van der Waals surface area contributed by atoms with Crippen LogP contribution in [0.2, 0.25) is 0 Å². The molecule has 5 heteroatoms. The molecular formula is C16H22N2O2S. The molecule has 0 aliphatic carbocycles. The summed E-state index contributed by atoms with van der Waals surface area (Å²) in [5.74, 6) is 2.29. The van der Waals surface area contributed by atoms with Crippen LogP contribution in [0, 0.1) is 6.92 Å². The molecule has 2 saturated heterocycles. The quantitative estimate of drug-likeness (QED) is 0.857. The number of amides is 1. The van der Waals surface area contributed by atoms with Crippen molar-refractivity contribution in [1.29, 1.82) is 0 Å². The van der Waals surface area contributed by atoms with E-state index in [0.717, 1.165) is 49.5 Å². The molecule has 0 N–H and O–H groups in total. The Balaban J connectivity index is 1.77. The number of carbonyl (C=O) groups is 1. The molecule has 1 amide bonds. The predicted molar refractivity (Wildman–Crippen MR) is 84.7 cm³/mol. The van der Waals surface area contributed by atoms with Crippen LogP contribution in [-0.4, -0.2) is 52.6 Å². The van der Waals surface area contributed by atoms with Crippen molar-refractivity contribution in [1.82, 2.24) is 9.88 Å². The minimum atomic E-state index is 0.106. The van der Waals surface area contributed by atoms with E-state index in [4.69, 9.17) is 4.74 Å². The molecule has 0 aromatic carbocycles. The van der Waals surface area contributed by atoms with Crippen LogP contribution >= 0.6 is 11.8 Å². The zero-order valence-electron chi connectivity index (χ0n) is 12.5. The summed E-state index contributed by atoms with van der Waals surface area (Å²) in [5, 5.41) is 0. The third-order valence-electron chi connectivity index (χ3n) is 4.15. The average molecular weight is 306 g/mol. The second-order valence-corrected chi connectivity index (χ2v) is 7.01. The third kappa shape index (κ3) is 3.58. The SMILES string of the molecule is Cc1cncc(C(=O)N(C[C@@H]2CCCO2)[C@@H]2CCSC2)c1. The van der Waals surface area contributed by atoms with Crippen molar-refractivity contribution in [2.75, 3.05) is 24.7 Å². The Morgan fingerprint density at radius 1 is 1.48 bits per heavy atom. The zero-order chi connectivity index (χ0) is 14.7. The zero-order valence-corrected chi connectivity index (χ0v) is 13.3. The van der Waals surface area contributed by atoms with E-state index < -0.39 is 0 Å². The maximum Gasteiger partial charge on any atom is 0.255 e. The fourth-order valence-electron chi connectivity index (χ4n) is 3.01. The van der Waals surface area contributed by atoms with Crippen LogP contribution in [0.4, 0.5) is 0 Å². The maximum atomic E-state index is 12.9. The highest BCUT2D eigenvalue weighted by Gasteiger charge is 2.31. The van der Waals surface area contributed by atoms with Gasteiger partial charge in [0.1, 0.15) is 0 Å². The van der Waals surface area contributed by atoms with Gasteiger partial charge in [-0.25, -0.2) is 0 Å². The monoisotopic (exact) mass is 306 g/mol. The summed E-state index contributed by atoms with van der Waals surface area (Å²) in [6.45, 7) is 3.52. The van der Waals surface area contributed by atoms with Gasteiger partial charge in [-0.3, -0.25) is 9.78 Å². The second kappa shape index (κ2) is 6.79. The summed E-state index contributed by atoms with van der Waals surface area (Å²) < 4.78 is 5.74. The van der Waals surface area contributed by atoms with Gasteiger partial charge < -0.3 is 9.64 Å². The number of rotatable bonds is 4. The fraction of sp³-hybridized carbons (Fsp3) is 0.625. The number of pyridine rings is 1. The van der Waals surface area contributed by atoms with Gasteiger partial charge in [-0.05, 0) is 43.6 Å². The van der Waals surface area contributed by atoms with Crippen molar-refractivity contribution in [3.63, 3.8) is 0 Å². The Morgan fingerprint density at radius 2 is 2.38 bits per heavy atom. The highest BCUT2D eigenvalue weighted by Crippen LogP contribution is 2.26. The Hall–Kier alpha value is -1.07. The highest BCUT2D eigenvalue weighted by molar-refractivity contribution is 7.99. The minimum absolute atomic E-state index is 0.106. The first-order chi connectivity index (χ1) is 10.2. The molecule has 114 valence electrons. The van der Waals surface area contributed by atoms with Gasteiger partial charge in [-0.2, -0.15) is 11.8 Å². The third-order valence-corrected chi connectivity index (χ3v) is 5.30. The summed E-state index contributed by atoms with van der Waals surface area (Å²) in [6.07, 6.45) is 6.93. The fourth-order valence-corrected chi connectivity index (χ4v) is 4.24. The summed E-state index contributed by atoms with van der Waals surface area (Å²) in [4.78, 5) is 19.1. The molecule has 2 atom stereocenters. The normalized spacial score (nSPS) is 25.2. The molecule has 21 heavy (non-hydrogen) atoms. The molecule has 0 radical (unpaired) electrons. The summed E-state index contributed by atoms with van der Waals surface area (Å²) in [5.41, 5.74) is 1.73. The van der Waals surface area contributed by atoms with Gasteiger partial charge in [0.2, 0.25) is 0 Å². The number of thioether (sulfide) groups is 1. The number of aromatic nitrogens is 1. The molecule has 0 saturated carbocycles. The second-order valence-electron chi connectivity index (χ2n) is 5.86. The minimum Gasteiger partial charge on any atom is -0.376 e. The Morgan fingerprint density at radius 3 is 3.05 bits per heavy atom. The van der Waals surface area contributed by atoms with Crippen LogP contribution in [0.5, 0.6) is 0 Å². The highest BCUT2D eigenvalue weighted by atomic mass is 32.2. The van der Waals surface area contributed by atoms with Gasteiger partial charge in [0.05, 0.1) is 11.7 Å². The Kier molecular flexibility index (Phi) is 4.80. The van der Waals surface area contributed by atoms with Crippen LogP contribution < -0.4 is 0 Å². The lowest BCUT2D eigenvalue weighted by Gasteiger charge is -2.30. The van der Waals surface area contributed by atoms with Crippen molar-refractivity contribution in [2.24, 2.45) is 0 Å². The average Bonchev–Trinajstić information content (AvgIpc) is 3.17. The lowest BCUT2D eigenvalue weighted by molar-refractivity contribution is 0.0441. The van der Waals surface area contributed by atoms with Gasteiger partial charge in [0.25, 0.3) is 5.91 Å². The molecule has 1 aromatic rings. The van der Waals surface area contributed by atoms with Gasteiger partial charge in [-0.1, -0.05) is 0 Å². The molecule has 3 heterocycles. The lowest BCUT2D eigenvalue weighted by Crippen LogP contribution is -2.44. The van der Waals surface area contributed by atoms with E-state index in [-0.39, 0.29) is 12.0 Å². The Bertz CT molecular complexity index is 497. The standard InChI is InChI=1S/C16H22N2O2S/c1-12-7-13(9-17-8-12)16(19)18(14-4-6-21-11-14)10-15-3-2-5-20-15/h7-9,14-15H,2-6,10-11H2,1H3/t14-,15+/m1/s1. The molecule has 2 fully saturated rings. The first-order valence-corrected chi connectivity index (χ1v) is 8.81. The van der Waals surface area contributed by atoms with E-state index in [1.54, 1.807) is 12.4 Å². The number of carbonyl (C=O) groups excluding carboxylic acids is 1. The van der Waals surface area contributed by atoms with Crippen LogP contribution in [0.25, 0.3) is 0 Å². The largest absolute Gasteiger partial charge is 0.376 e. The molecule has 0 bridgehead atoms. The number of ether oxygens (including phenoxy) is 1. The van der Waals surface area contributed by atoms with Crippen LogP contribution in [0.15, 0.2) is 18.5 Å². The first-order valence-electron chi connectivity index (χ1n) is 7.66. The number of hydrogen-bond donors (Lipinski definition) is 0. The van der Waals surface area contributed by atoms with E-state index in [1.165, 1.54) is 0 Å². The summed E-state index contributed by atoms with van der Waals surface area (Å²) in [7, 11) is 0. The molecule has 0 unspecified atom stereocenters. The molecular weight excluding hydrogens is 284 g/mol. The van der Waals surface area contributed by atoms with E-state index >= 15 is 0 Å². The molecule has 2 aliphatic heterocycles. The lowest BCUT2D eigenvalue weighted by atomic mass is 10.1.